The molecule has 3 heteroatoms. The van der Waals surface area contributed by atoms with Crippen LogP contribution >= 0.6 is 0 Å². The van der Waals surface area contributed by atoms with Crippen LogP contribution in [0.5, 0.6) is 0 Å². The van der Waals surface area contributed by atoms with E-state index in [9.17, 15) is 0 Å². The molecule has 2 unspecified atom stereocenters. The molecule has 1 rings (SSSR count). The molecule has 0 saturated heterocycles. The lowest BCUT2D eigenvalue weighted by atomic mass is 10.2. The maximum Gasteiger partial charge on any atom is 0.0572 e. The van der Waals surface area contributed by atoms with Crippen molar-refractivity contribution in [3.63, 3.8) is 0 Å². The molecule has 0 amide bonds. The van der Waals surface area contributed by atoms with Crippen LogP contribution in [0.4, 0.5) is 5.69 Å². The van der Waals surface area contributed by atoms with Crippen LogP contribution in [0.3, 0.4) is 0 Å². The van der Waals surface area contributed by atoms with Crippen LogP contribution in [0.1, 0.15) is 45.9 Å². The lowest BCUT2D eigenvalue weighted by Gasteiger charge is -2.26. The Morgan fingerprint density at radius 2 is 2.00 bits per heavy atom. The van der Waals surface area contributed by atoms with Crippen LogP contribution in [0.15, 0.2) is 18.3 Å². The zero-order valence-corrected chi connectivity index (χ0v) is 11.7. The SMILES string of the molecule is CCNC(C)c1ccc(N(C)C(C)CC)cn1. The van der Waals surface area contributed by atoms with E-state index >= 15 is 0 Å². The average Bonchev–Trinajstić information content (AvgIpc) is 2.37. The van der Waals surface area contributed by atoms with E-state index in [1.807, 2.05) is 6.20 Å². The van der Waals surface area contributed by atoms with Gasteiger partial charge >= 0.3 is 0 Å². The highest BCUT2D eigenvalue weighted by atomic mass is 15.1. The predicted molar refractivity (Wildman–Crippen MR) is 74.5 cm³/mol. The fraction of sp³-hybridized carbons (Fsp3) is 0.643. The Morgan fingerprint density at radius 1 is 1.29 bits per heavy atom. The Morgan fingerprint density at radius 3 is 2.47 bits per heavy atom. The van der Waals surface area contributed by atoms with Gasteiger partial charge in [-0.3, -0.25) is 4.98 Å². The lowest BCUT2D eigenvalue weighted by molar-refractivity contribution is 0.583. The van der Waals surface area contributed by atoms with Gasteiger partial charge in [0.2, 0.25) is 0 Å². The maximum atomic E-state index is 4.53. The van der Waals surface area contributed by atoms with Gasteiger partial charge in [-0.05, 0) is 38.9 Å². The lowest BCUT2D eigenvalue weighted by Crippen LogP contribution is -2.28. The van der Waals surface area contributed by atoms with Crippen molar-refractivity contribution >= 4 is 5.69 Å². The molecule has 0 fully saturated rings. The second-order valence-electron chi connectivity index (χ2n) is 4.59. The highest BCUT2D eigenvalue weighted by molar-refractivity contribution is 5.44. The Bertz CT molecular complexity index is 321. The molecule has 0 aliphatic carbocycles. The van der Waals surface area contributed by atoms with Gasteiger partial charge in [0.05, 0.1) is 17.6 Å². The number of nitrogens with zero attached hydrogens (tertiary/aromatic N) is 2. The number of hydrogen-bond donors (Lipinski definition) is 1. The molecule has 3 nitrogen and oxygen atoms in total. The summed E-state index contributed by atoms with van der Waals surface area (Å²) in [7, 11) is 2.12. The first-order chi connectivity index (χ1) is 8.10. The van der Waals surface area contributed by atoms with Crippen LogP contribution in [0.25, 0.3) is 0 Å². The average molecular weight is 235 g/mol. The molecule has 96 valence electrons. The van der Waals surface area contributed by atoms with Gasteiger partial charge in [-0.25, -0.2) is 0 Å². The maximum absolute atomic E-state index is 4.53. The summed E-state index contributed by atoms with van der Waals surface area (Å²) in [6, 6.07) is 5.14. The minimum atomic E-state index is 0.322. The van der Waals surface area contributed by atoms with Gasteiger partial charge in [0, 0.05) is 19.1 Å². The molecular formula is C14H25N3. The molecule has 0 aromatic carbocycles. The minimum Gasteiger partial charge on any atom is -0.371 e. The van der Waals surface area contributed by atoms with E-state index in [-0.39, 0.29) is 0 Å². The molecule has 2 atom stereocenters. The second kappa shape index (κ2) is 6.60. The van der Waals surface area contributed by atoms with E-state index in [0.717, 1.165) is 18.7 Å². The normalized spacial score (nSPS) is 14.4. The van der Waals surface area contributed by atoms with Crippen molar-refractivity contribution in [1.82, 2.24) is 10.3 Å². The molecule has 1 heterocycles. The summed E-state index contributed by atoms with van der Waals surface area (Å²) < 4.78 is 0. The standard InChI is InChI=1S/C14H25N3/c1-6-11(3)17(5)13-8-9-14(16-10-13)12(4)15-7-2/h8-12,15H,6-7H2,1-5H3. The van der Waals surface area contributed by atoms with Crippen molar-refractivity contribution in [3.8, 4) is 0 Å². The Balaban J connectivity index is 2.73. The smallest absolute Gasteiger partial charge is 0.0572 e. The summed E-state index contributed by atoms with van der Waals surface area (Å²) in [5.74, 6) is 0. The van der Waals surface area contributed by atoms with Gasteiger partial charge in [0.1, 0.15) is 0 Å². The van der Waals surface area contributed by atoms with Crippen molar-refractivity contribution in [3.05, 3.63) is 24.0 Å². The summed E-state index contributed by atoms with van der Waals surface area (Å²) in [4.78, 5) is 6.80. The van der Waals surface area contributed by atoms with Gasteiger partial charge in [-0.2, -0.15) is 0 Å². The number of rotatable bonds is 6. The topological polar surface area (TPSA) is 28.2 Å². The number of pyridine rings is 1. The largest absolute Gasteiger partial charge is 0.371 e. The van der Waals surface area contributed by atoms with Crippen LogP contribution < -0.4 is 10.2 Å². The van der Waals surface area contributed by atoms with Crippen LogP contribution in [-0.4, -0.2) is 24.6 Å². The van der Waals surface area contributed by atoms with Gasteiger partial charge in [-0.1, -0.05) is 13.8 Å². The van der Waals surface area contributed by atoms with Crippen molar-refractivity contribution in [2.75, 3.05) is 18.5 Å². The number of hydrogen-bond acceptors (Lipinski definition) is 3. The molecule has 17 heavy (non-hydrogen) atoms. The molecule has 0 radical (unpaired) electrons. The molecule has 0 aliphatic rings. The molecule has 1 aromatic rings. The first kappa shape index (κ1) is 14.0. The highest BCUT2D eigenvalue weighted by Gasteiger charge is 2.09. The van der Waals surface area contributed by atoms with E-state index in [4.69, 9.17) is 0 Å². The Labute approximate surface area is 105 Å². The zero-order chi connectivity index (χ0) is 12.8. The van der Waals surface area contributed by atoms with E-state index in [2.05, 4.69) is 62.1 Å². The molecule has 1 aromatic heterocycles. The quantitative estimate of drug-likeness (QED) is 0.821. The van der Waals surface area contributed by atoms with Crippen molar-refractivity contribution < 1.29 is 0 Å². The molecule has 0 bridgehead atoms. The van der Waals surface area contributed by atoms with E-state index < -0.39 is 0 Å². The Hall–Kier alpha value is -1.09. The van der Waals surface area contributed by atoms with Crippen molar-refractivity contribution in [2.45, 2.75) is 46.2 Å². The monoisotopic (exact) mass is 235 g/mol. The third kappa shape index (κ3) is 3.70. The summed E-state index contributed by atoms with van der Waals surface area (Å²) in [5, 5.41) is 3.37. The van der Waals surface area contributed by atoms with E-state index in [1.54, 1.807) is 0 Å². The number of aromatic nitrogens is 1. The third-order valence-corrected chi connectivity index (χ3v) is 3.38. The summed E-state index contributed by atoms with van der Waals surface area (Å²) in [6.45, 7) is 9.66. The highest BCUT2D eigenvalue weighted by Crippen LogP contribution is 2.18. The van der Waals surface area contributed by atoms with Crippen LogP contribution in [0, 0.1) is 0 Å². The molecule has 0 aliphatic heterocycles. The molecule has 1 N–H and O–H groups in total. The second-order valence-corrected chi connectivity index (χ2v) is 4.59. The van der Waals surface area contributed by atoms with Gasteiger partial charge in [-0.15, -0.1) is 0 Å². The predicted octanol–water partition coefficient (Wildman–Crippen LogP) is 2.99. The van der Waals surface area contributed by atoms with Gasteiger partial charge in [0.25, 0.3) is 0 Å². The van der Waals surface area contributed by atoms with Gasteiger partial charge in [0.15, 0.2) is 0 Å². The fourth-order valence-corrected chi connectivity index (χ4v) is 1.80. The third-order valence-electron chi connectivity index (χ3n) is 3.38. The zero-order valence-electron chi connectivity index (χ0n) is 11.7. The first-order valence-corrected chi connectivity index (χ1v) is 6.52. The fourth-order valence-electron chi connectivity index (χ4n) is 1.80. The molecule has 0 spiro atoms. The van der Waals surface area contributed by atoms with Crippen LogP contribution in [-0.2, 0) is 0 Å². The van der Waals surface area contributed by atoms with Crippen molar-refractivity contribution in [1.29, 1.82) is 0 Å². The van der Waals surface area contributed by atoms with E-state index in [1.165, 1.54) is 5.69 Å². The first-order valence-electron chi connectivity index (χ1n) is 6.52. The van der Waals surface area contributed by atoms with Gasteiger partial charge < -0.3 is 10.2 Å². The molecule has 0 saturated carbocycles. The summed E-state index contributed by atoms with van der Waals surface area (Å²) >= 11 is 0. The summed E-state index contributed by atoms with van der Waals surface area (Å²) in [6.07, 6.45) is 3.11. The van der Waals surface area contributed by atoms with Crippen molar-refractivity contribution in [2.24, 2.45) is 0 Å². The number of nitrogens with one attached hydrogen (secondary N) is 1. The summed E-state index contributed by atoms with van der Waals surface area (Å²) in [5.41, 5.74) is 2.29. The molecular weight excluding hydrogens is 210 g/mol. The van der Waals surface area contributed by atoms with E-state index in [0.29, 0.717) is 12.1 Å². The van der Waals surface area contributed by atoms with Crippen LogP contribution in [0.2, 0.25) is 0 Å². The number of anilines is 1. The minimum absolute atomic E-state index is 0.322. The Kier molecular flexibility index (Phi) is 5.42.